The molecule has 2 atom stereocenters. The van der Waals surface area contributed by atoms with Crippen molar-refractivity contribution in [3.05, 3.63) is 0 Å². The average Bonchev–Trinajstić information content (AvgIpc) is 2.36. The largest absolute Gasteiger partial charge is 0.376 e. The molecule has 2 unspecified atom stereocenters. The minimum Gasteiger partial charge on any atom is -0.376 e. The monoisotopic (exact) mass is 156 g/mol. The van der Waals surface area contributed by atoms with Gasteiger partial charge in [-0.1, -0.05) is 12.8 Å². The molecule has 0 aromatic rings. The molecular formula is C9H16O2. The fourth-order valence-corrected chi connectivity index (χ4v) is 2.01. The van der Waals surface area contributed by atoms with Crippen LogP contribution in [-0.2, 0) is 9.47 Å². The third-order valence-electron chi connectivity index (χ3n) is 2.62. The van der Waals surface area contributed by atoms with Gasteiger partial charge in [0.2, 0.25) is 0 Å². The van der Waals surface area contributed by atoms with Crippen LogP contribution < -0.4 is 0 Å². The first-order valence-electron chi connectivity index (χ1n) is 4.68. The Balaban J connectivity index is 1.96. The molecule has 0 N–H and O–H groups in total. The molecule has 2 heteroatoms. The summed E-state index contributed by atoms with van der Waals surface area (Å²) in [5, 5.41) is 0. The Hall–Kier alpha value is -0.0800. The molecule has 2 bridgehead atoms. The van der Waals surface area contributed by atoms with Crippen molar-refractivity contribution in [1.82, 2.24) is 0 Å². The van der Waals surface area contributed by atoms with Gasteiger partial charge >= 0.3 is 0 Å². The third kappa shape index (κ3) is 1.94. The predicted molar refractivity (Wildman–Crippen MR) is 42.6 cm³/mol. The van der Waals surface area contributed by atoms with E-state index >= 15 is 0 Å². The Morgan fingerprint density at radius 3 is 1.91 bits per heavy atom. The molecule has 0 aromatic carbocycles. The van der Waals surface area contributed by atoms with E-state index in [1.165, 1.54) is 25.7 Å². The quantitative estimate of drug-likeness (QED) is 0.532. The van der Waals surface area contributed by atoms with Crippen LogP contribution in [0.5, 0.6) is 0 Å². The van der Waals surface area contributed by atoms with Gasteiger partial charge in [0.25, 0.3) is 0 Å². The summed E-state index contributed by atoms with van der Waals surface area (Å²) < 4.78 is 11.3. The molecule has 0 amide bonds. The highest BCUT2D eigenvalue weighted by Gasteiger charge is 2.23. The van der Waals surface area contributed by atoms with Gasteiger partial charge < -0.3 is 9.47 Å². The number of hydrogen-bond acceptors (Lipinski definition) is 2. The van der Waals surface area contributed by atoms with Crippen LogP contribution in [0.3, 0.4) is 0 Å². The smallest absolute Gasteiger partial charge is 0.0704 e. The third-order valence-corrected chi connectivity index (χ3v) is 2.62. The molecule has 64 valence electrons. The first-order chi connectivity index (χ1) is 5.45. The van der Waals surface area contributed by atoms with Crippen molar-refractivity contribution in [2.45, 2.75) is 44.3 Å². The van der Waals surface area contributed by atoms with Crippen LogP contribution in [0.1, 0.15) is 32.1 Å². The van der Waals surface area contributed by atoms with E-state index in [2.05, 4.69) is 0 Å². The second-order valence-corrected chi connectivity index (χ2v) is 3.51. The molecule has 0 radical (unpaired) electrons. The zero-order chi connectivity index (χ0) is 7.52. The van der Waals surface area contributed by atoms with Crippen molar-refractivity contribution in [2.75, 3.05) is 13.2 Å². The highest BCUT2D eigenvalue weighted by Crippen LogP contribution is 2.24. The standard InChI is InChI=1S/C9H16O2/c1-2-4-9-7-8(3-1)10-5-6-11-9/h8-9H,1-7H2. The highest BCUT2D eigenvalue weighted by atomic mass is 16.5. The SMILES string of the molecule is C1CCC2CC(C1)OCCO2. The van der Waals surface area contributed by atoms with Crippen LogP contribution >= 0.6 is 0 Å². The summed E-state index contributed by atoms with van der Waals surface area (Å²) in [5.41, 5.74) is 0. The molecule has 2 nitrogen and oxygen atoms in total. The van der Waals surface area contributed by atoms with Gasteiger partial charge in [-0.3, -0.25) is 0 Å². The summed E-state index contributed by atoms with van der Waals surface area (Å²) in [6, 6.07) is 0. The Morgan fingerprint density at radius 1 is 0.818 bits per heavy atom. The van der Waals surface area contributed by atoms with Gasteiger partial charge in [-0.2, -0.15) is 0 Å². The van der Waals surface area contributed by atoms with Gasteiger partial charge in [0.1, 0.15) is 0 Å². The zero-order valence-electron chi connectivity index (χ0n) is 6.92. The molecule has 1 saturated heterocycles. The molecule has 2 rings (SSSR count). The predicted octanol–water partition coefficient (Wildman–Crippen LogP) is 1.73. The minimum absolute atomic E-state index is 0.505. The Bertz CT molecular complexity index is 98.7. The fourth-order valence-electron chi connectivity index (χ4n) is 2.01. The number of rotatable bonds is 0. The van der Waals surface area contributed by atoms with E-state index in [0.29, 0.717) is 12.2 Å². The van der Waals surface area contributed by atoms with Crippen LogP contribution in [0.25, 0.3) is 0 Å². The molecule has 1 saturated carbocycles. The Labute approximate surface area is 67.9 Å². The summed E-state index contributed by atoms with van der Waals surface area (Å²) in [4.78, 5) is 0. The van der Waals surface area contributed by atoms with Crippen molar-refractivity contribution in [2.24, 2.45) is 0 Å². The van der Waals surface area contributed by atoms with Crippen molar-refractivity contribution in [3.8, 4) is 0 Å². The number of ether oxygens (including phenoxy) is 2. The molecular weight excluding hydrogens is 140 g/mol. The van der Waals surface area contributed by atoms with Crippen LogP contribution in [0, 0.1) is 0 Å². The minimum atomic E-state index is 0.505. The maximum atomic E-state index is 5.63. The molecule has 2 aliphatic rings. The molecule has 11 heavy (non-hydrogen) atoms. The van der Waals surface area contributed by atoms with E-state index < -0.39 is 0 Å². The van der Waals surface area contributed by atoms with Crippen molar-refractivity contribution in [1.29, 1.82) is 0 Å². The Morgan fingerprint density at radius 2 is 1.36 bits per heavy atom. The topological polar surface area (TPSA) is 18.5 Å². The van der Waals surface area contributed by atoms with Crippen molar-refractivity contribution >= 4 is 0 Å². The van der Waals surface area contributed by atoms with Gasteiger partial charge in [-0.15, -0.1) is 0 Å². The summed E-state index contributed by atoms with van der Waals surface area (Å²) in [6.07, 6.45) is 7.30. The van der Waals surface area contributed by atoms with Gasteiger partial charge in [0.05, 0.1) is 25.4 Å². The molecule has 1 aliphatic heterocycles. The molecule has 0 aromatic heterocycles. The Kier molecular flexibility index (Phi) is 2.44. The highest BCUT2D eigenvalue weighted by molar-refractivity contribution is 4.73. The second kappa shape index (κ2) is 3.55. The lowest BCUT2D eigenvalue weighted by Gasteiger charge is -2.13. The molecule has 2 fully saturated rings. The lowest BCUT2D eigenvalue weighted by Crippen LogP contribution is -2.15. The first kappa shape index (κ1) is 7.56. The molecule has 1 aliphatic carbocycles. The summed E-state index contributed by atoms with van der Waals surface area (Å²) >= 11 is 0. The van der Waals surface area contributed by atoms with E-state index in [9.17, 15) is 0 Å². The van der Waals surface area contributed by atoms with Gasteiger partial charge in [0.15, 0.2) is 0 Å². The van der Waals surface area contributed by atoms with E-state index in [-0.39, 0.29) is 0 Å². The van der Waals surface area contributed by atoms with Gasteiger partial charge in [-0.25, -0.2) is 0 Å². The van der Waals surface area contributed by atoms with E-state index in [1.807, 2.05) is 0 Å². The van der Waals surface area contributed by atoms with Crippen LogP contribution in [0.4, 0.5) is 0 Å². The summed E-state index contributed by atoms with van der Waals surface area (Å²) in [6.45, 7) is 1.61. The zero-order valence-corrected chi connectivity index (χ0v) is 6.92. The lowest BCUT2D eigenvalue weighted by molar-refractivity contribution is 0.0356. The number of hydrogen-bond donors (Lipinski definition) is 0. The van der Waals surface area contributed by atoms with Crippen molar-refractivity contribution in [3.63, 3.8) is 0 Å². The summed E-state index contributed by atoms with van der Waals surface area (Å²) in [5.74, 6) is 0. The fraction of sp³-hybridized carbons (Fsp3) is 1.00. The molecule has 1 heterocycles. The van der Waals surface area contributed by atoms with Gasteiger partial charge in [-0.05, 0) is 19.3 Å². The van der Waals surface area contributed by atoms with E-state index in [0.717, 1.165) is 19.6 Å². The van der Waals surface area contributed by atoms with E-state index in [4.69, 9.17) is 9.47 Å². The van der Waals surface area contributed by atoms with E-state index in [1.54, 1.807) is 0 Å². The first-order valence-corrected chi connectivity index (χ1v) is 4.68. The summed E-state index contributed by atoms with van der Waals surface area (Å²) in [7, 11) is 0. The van der Waals surface area contributed by atoms with Gasteiger partial charge in [0, 0.05) is 0 Å². The van der Waals surface area contributed by atoms with Crippen LogP contribution in [0.2, 0.25) is 0 Å². The average molecular weight is 156 g/mol. The maximum absolute atomic E-state index is 5.63. The van der Waals surface area contributed by atoms with Crippen LogP contribution in [0.15, 0.2) is 0 Å². The normalized spacial score (nSPS) is 39.3. The van der Waals surface area contributed by atoms with Crippen molar-refractivity contribution < 1.29 is 9.47 Å². The molecule has 0 spiro atoms. The van der Waals surface area contributed by atoms with Crippen LogP contribution in [-0.4, -0.2) is 25.4 Å². The second-order valence-electron chi connectivity index (χ2n) is 3.51. The number of fused-ring (bicyclic) bond motifs is 2. The lowest BCUT2D eigenvalue weighted by atomic mass is 10.1. The maximum Gasteiger partial charge on any atom is 0.0704 e.